The summed E-state index contributed by atoms with van der Waals surface area (Å²) in [5.41, 5.74) is 0. The fourth-order valence-electron chi connectivity index (χ4n) is 0.510. The molecule has 0 aliphatic carbocycles. The summed E-state index contributed by atoms with van der Waals surface area (Å²) < 4.78 is 4.94. The maximum absolute atomic E-state index is 4.94. The zero-order valence-electron chi connectivity index (χ0n) is 8.31. The number of rotatable bonds is 1. The number of allylic oxidation sites excluding steroid dienone is 1. The van der Waals surface area contributed by atoms with E-state index in [0.717, 1.165) is 18.5 Å². The summed E-state index contributed by atoms with van der Waals surface area (Å²) in [6, 6.07) is 0. The van der Waals surface area contributed by atoms with Crippen molar-refractivity contribution in [3.8, 4) is 0 Å². The van der Waals surface area contributed by atoms with Crippen LogP contribution in [0.1, 0.15) is 15.7 Å². The summed E-state index contributed by atoms with van der Waals surface area (Å²) in [6.07, 6.45) is 4.35. The number of hydrogen-bond donors (Lipinski definition) is 0. The van der Waals surface area contributed by atoms with Crippen molar-refractivity contribution in [2.45, 2.75) is 12.8 Å². The van der Waals surface area contributed by atoms with E-state index in [-0.39, 0.29) is 25.9 Å². The van der Waals surface area contributed by atoms with E-state index in [9.17, 15) is 0 Å². The van der Waals surface area contributed by atoms with Crippen molar-refractivity contribution < 1.29 is 7.59 Å². The van der Waals surface area contributed by atoms with Crippen LogP contribution in [0.25, 0.3) is 0 Å². The van der Waals surface area contributed by atoms with Gasteiger partial charge in [0.2, 0.25) is 0 Å². The fraction of sp³-hybridized carbons (Fsp3) is 0.714. The Hall–Kier alpha value is 0.946. The normalized spacial score (nSPS) is 14.5. The smallest absolute Gasteiger partial charge is 1.00 e. The van der Waals surface area contributed by atoms with Crippen LogP contribution in [0.3, 0.4) is 0 Å². The average molecular weight is 219 g/mol. The van der Waals surface area contributed by atoms with Gasteiger partial charge in [-0.3, -0.25) is 0 Å². The third-order valence-corrected chi connectivity index (χ3v) is 1.39. The number of hydrogen-bond acceptors (Lipinski definition) is 1. The summed E-state index contributed by atoms with van der Waals surface area (Å²) >= 11 is 3.13. The quantitative estimate of drug-likeness (QED) is 0.373. The molecule has 0 aromatic carbocycles. The maximum atomic E-state index is 4.94. The Morgan fingerprint density at radius 2 is 1.90 bits per heavy atom. The van der Waals surface area contributed by atoms with E-state index in [1.165, 1.54) is 12.8 Å². The molecule has 1 aliphatic rings. The van der Waals surface area contributed by atoms with Crippen molar-refractivity contribution in [1.29, 1.82) is 0 Å². The molecule has 1 rings (SSSR count). The van der Waals surface area contributed by atoms with Gasteiger partial charge in [0, 0.05) is 18.5 Å². The molecular formula is C7H15BrMgO. The molecule has 3 heteroatoms. The molecule has 1 heterocycles. The van der Waals surface area contributed by atoms with Gasteiger partial charge in [0.25, 0.3) is 0 Å². The molecule has 58 valence electrons. The zero-order chi connectivity index (χ0) is 6.95. The molecule has 1 aliphatic heterocycles. The van der Waals surface area contributed by atoms with Gasteiger partial charge in [-0.2, -0.15) is 0 Å². The average Bonchev–Trinajstić information content (AvgIpc) is 2.43. The predicted molar refractivity (Wildman–Crippen MR) is 52.0 cm³/mol. The molecule has 0 radical (unpaired) electrons. The Morgan fingerprint density at radius 3 is 2.00 bits per heavy atom. The summed E-state index contributed by atoms with van der Waals surface area (Å²) in [4.78, 5) is 0. The second-order valence-electron chi connectivity index (χ2n) is 1.76. The second kappa shape index (κ2) is 12.6. The Bertz CT molecular complexity index is 64.8. The topological polar surface area (TPSA) is 9.23 Å². The largest absolute Gasteiger partial charge is 2.00 e. The van der Waals surface area contributed by atoms with Crippen LogP contribution in [0.5, 0.6) is 0 Å². The van der Waals surface area contributed by atoms with Crippen molar-refractivity contribution in [2.24, 2.45) is 0 Å². The van der Waals surface area contributed by atoms with Gasteiger partial charge < -0.3 is 7.59 Å². The Kier molecular flexibility index (Phi) is 17.1. The van der Waals surface area contributed by atoms with Crippen LogP contribution in [0.2, 0.25) is 0 Å². The molecule has 1 fully saturated rings. The van der Waals surface area contributed by atoms with Gasteiger partial charge in [-0.25, -0.2) is 0 Å². The van der Waals surface area contributed by atoms with Gasteiger partial charge in [0.05, 0.1) is 0 Å². The fourth-order valence-corrected chi connectivity index (χ4v) is 0.510. The summed E-state index contributed by atoms with van der Waals surface area (Å²) in [7, 11) is 0. The molecule has 0 N–H and O–H groups in total. The van der Waals surface area contributed by atoms with E-state index in [2.05, 4.69) is 22.5 Å². The van der Waals surface area contributed by atoms with E-state index in [0.29, 0.717) is 0 Å². The van der Waals surface area contributed by atoms with Crippen molar-refractivity contribution in [2.75, 3.05) is 18.5 Å². The standard InChI is InChI=1S/C4H8O.C3H5Br.Mg.2H/c1-2-4-5-3-1;1-2-3-4;;;/h1-4H2;2H,1,3H2;;;/q;;+2;2*-1. The molecule has 0 bridgehead atoms. The molecule has 1 nitrogen and oxygen atoms in total. The first-order valence-corrected chi connectivity index (χ1v) is 4.28. The monoisotopic (exact) mass is 218 g/mol. The Balaban J connectivity index is -0.0000000436. The minimum Gasteiger partial charge on any atom is -1.00 e. The number of halogens is 1. The first-order chi connectivity index (χ1) is 4.41. The van der Waals surface area contributed by atoms with E-state index >= 15 is 0 Å². The third kappa shape index (κ3) is 11.7. The molecule has 0 spiro atoms. The molecule has 0 aromatic heterocycles. The van der Waals surface area contributed by atoms with Gasteiger partial charge in [0.15, 0.2) is 0 Å². The van der Waals surface area contributed by atoms with Gasteiger partial charge in [-0.15, -0.1) is 6.58 Å². The van der Waals surface area contributed by atoms with Gasteiger partial charge in [-0.05, 0) is 12.8 Å². The van der Waals surface area contributed by atoms with E-state index in [1.807, 2.05) is 0 Å². The van der Waals surface area contributed by atoms with Crippen LogP contribution in [-0.4, -0.2) is 41.6 Å². The molecule has 0 atom stereocenters. The maximum Gasteiger partial charge on any atom is 2.00 e. The minimum absolute atomic E-state index is 0. The number of alkyl halides is 1. The molecule has 1 saturated heterocycles. The van der Waals surface area contributed by atoms with Gasteiger partial charge in [-0.1, -0.05) is 22.0 Å². The van der Waals surface area contributed by atoms with E-state index < -0.39 is 0 Å². The van der Waals surface area contributed by atoms with Crippen molar-refractivity contribution in [3.63, 3.8) is 0 Å². The minimum atomic E-state index is 0. The van der Waals surface area contributed by atoms with E-state index in [1.54, 1.807) is 6.08 Å². The van der Waals surface area contributed by atoms with Crippen LogP contribution in [0.4, 0.5) is 0 Å². The van der Waals surface area contributed by atoms with Crippen LogP contribution >= 0.6 is 15.9 Å². The van der Waals surface area contributed by atoms with Crippen molar-refractivity contribution >= 4 is 39.0 Å². The SMILES string of the molecule is C1CCOC1.C=CCBr.[H-].[H-].[Mg+2]. The molecule has 0 aromatic rings. The first-order valence-electron chi connectivity index (χ1n) is 3.16. The van der Waals surface area contributed by atoms with Crippen LogP contribution in [-0.2, 0) is 4.74 Å². The van der Waals surface area contributed by atoms with Crippen LogP contribution in [0, 0.1) is 0 Å². The van der Waals surface area contributed by atoms with Crippen molar-refractivity contribution in [1.82, 2.24) is 0 Å². The predicted octanol–water partition coefficient (Wildman–Crippen LogP) is 2.21. The van der Waals surface area contributed by atoms with Crippen molar-refractivity contribution in [3.05, 3.63) is 12.7 Å². The van der Waals surface area contributed by atoms with Crippen LogP contribution in [0.15, 0.2) is 12.7 Å². The van der Waals surface area contributed by atoms with Crippen LogP contribution < -0.4 is 0 Å². The molecular weight excluding hydrogens is 204 g/mol. The Labute approximate surface area is 90.5 Å². The molecule has 0 amide bonds. The summed E-state index contributed by atoms with van der Waals surface area (Å²) in [6.45, 7) is 5.43. The second-order valence-corrected chi connectivity index (χ2v) is 2.41. The molecule has 0 saturated carbocycles. The Morgan fingerprint density at radius 1 is 1.50 bits per heavy atom. The third-order valence-electron chi connectivity index (χ3n) is 0.936. The first kappa shape index (κ1) is 13.5. The summed E-state index contributed by atoms with van der Waals surface area (Å²) in [5.74, 6) is 0. The van der Waals surface area contributed by atoms with Gasteiger partial charge >= 0.3 is 23.1 Å². The molecule has 10 heavy (non-hydrogen) atoms. The molecule has 0 unspecified atom stereocenters. The summed E-state index contributed by atoms with van der Waals surface area (Å²) in [5, 5.41) is 0.896. The van der Waals surface area contributed by atoms with E-state index in [4.69, 9.17) is 4.74 Å². The van der Waals surface area contributed by atoms with Gasteiger partial charge in [0.1, 0.15) is 0 Å². The zero-order valence-corrected chi connectivity index (χ0v) is 9.31. The number of ether oxygens (including phenoxy) is 1.